The highest BCUT2D eigenvalue weighted by atomic mass is 16.5. The molecule has 1 aromatic heterocycles. The zero-order chi connectivity index (χ0) is 32.5. The second-order valence-electron chi connectivity index (χ2n) is 12.6. The van der Waals surface area contributed by atoms with E-state index in [9.17, 15) is 9.90 Å². The predicted octanol–water partition coefficient (Wildman–Crippen LogP) is 8.60. The highest BCUT2D eigenvalue weighted by molar-refractivity contribution is 5.90. The molecule has 1 unspecified atom stereocenters. The molecule has 8 heteroatoms. The number of carbonyl (C=O) groups is 1. The van der Waals surface area contributed by atoms with Gasteiger partial charge in [0.15, 0.2) is 5.82 Å². The van der Waals surface area contributed by atoms with Gasteiger partial charge in [-0.25, -0.2) is 9.48 Å². The highest BCUT2D eigenvalue weighted by Gasteiger charge is 2.42. The van der Waals surface area contributed by atoms with Gasteiger partial charge in [0, 0.05) is 11.1 Å². The van der Waals surface area contributed by atoms with Gasteiger partial charge >= 0.3 is 6.09 Å². The molecule has 1 aliphatic carbocycles. The zero-order valence-corrected chi connectivity index (χ0v) is 26.4. The van der Waals surface area contributed by atoms with E-state index in [2.05, 4.69) is 59.1 Å². The van der Waals surface area contributed by atoms with Gasteiger partial charge in [-0.2, -0.15) is 0 Å². The minimum absolute atomic E-state index is 0.316. The maximum absolute atomic E-state index is 12.0. The summed E-state index contributed by atoms with van der Waals surface area (Å²) in [6, 6.07) is 43.1. The average Bonchev–Trinajstić information content (AvgIpc) is 3.90. The van der Waals surface area contributed by atoms with Crippen molar-refractivity contribution in [2.24, 2.45) is 5.92 Å². The van der Waals surface area contributed by atoms with E-state index in [1.807, 2.05) is 83.5 Å². The van der Waals surface area contributed by atoms with Gasteiger partial charge in [0.05, 0.1) is 12.3 Å². The van der Waals surface area contributed by atoms with E-state index >= 15 is 0 Å². The van der Waals surface area contributed by atoms with Crippen LogP contribution in [0, 0.1) is 5.92 Å². The lowest BCUT2D eigenvalue weighted by molar-refractivity contribution is 0.209. The molecule has 1 amide bonds. The molecule has 1 aliphatic heterocycles. The molecule has 2 aliphatic rings. The van der Waals surface area contributed by atoms with Crippen molar-refractivity contribution >= 4 is 11.8 Å². The molecule has 6 aromatic rings. The minimum Gasteiger partial charge on any atom is -0.491 e. The fraction of sp³-hybridized carbons (Fsp3) is 0.200. The van der Waals surface area contributed by atoms with Crippen LogP contribution in [0.3, 0.4) is 0 Å². The van der Waals surface area contributed by atoms with Crippen LogP contribution >= 0.6 is 0 Å². The monoisotopic (exact) mass is 633 g/mol. The van der Waals surface area contributed by atoms with Crippen LogP contribution in [0.25, 0.3) is 22.5 Å². The van der Waals surface area contributed by atoms with Gasteiger partial charge < -0.3 is 9.84 Å². The number of nitrogens with zero attached hydrogens (tertiary/aromatic N) is 4. The lowest BCUT2D eigenvalue weighted by atomic mass is 9.77. The third kappa shape index (κ3) is 5.19. The summed E-state index contributed by atoms with van der Waals surface area (Å²) in [4.78, 5) is 12.0. The van der Waals surface area contributed by atoms with Crippen LogP contribution in [0.2, 0.25) is 0 Å². The van der Waals surface area contributed by atoms with E-state index in [1.54, 1.807) is 0 Å². The Morgan fingerprint density at radius 2 is 1.35 bits per heavy atom. The van der Waals surface area contributed by atoms with Crippen molar-refractivity contribution in [3.8, 4) is 28.3 Å². The molecule has 1 saturated carbocycles. The van der Waals surface area contributed by atoms with Gasteiger partial charge in [0.1, 0.15) is 11.3 Å². The normalized spacial score (nSPS) is 16.0. The Bertz CT molecular complexity index is 1960. The molecule has 1 atom stereocenters. The summed E-state index contributed by atoms with van der Waals surface area (Å²) in [6.07, 6.45) is 3.19. The lowest BCUT2D eigenvalue weighted by Crippen LogP contribution is -2.39. The number of anilines is 1. The number of fused-ring (bicyclic) bond motifs is 1. The Labute approximate surface area is 279 Å². The average molecular weight is 634 g/mol. The summed E-state index contributed by atoms with van der Waals surface area (Å²) in [7, 11) is 0. The number of hydrogen-bond acceptors (Lipinski definition) is 5. The van der Waals surface area contributed by atoms with Crippen molar-refractivity contribution in [2.45, 2.75) is 37.1 Å². The lowest BCUT2D eigenvalue weighted by Gasteiger charge is -2.36. The first-order valence-corrected chi connectivity index (χ1v) is 16.5. The molecular formula is C40H35N5O3. The molecule has 5 aromatic carbocycles. The van der Waals surface area contributed by atoms with Crippen molar-refractivity contribution in [2.75, 3.05) is 11.9 Å². The van der Waals surface area contributed by atoms with Gasteiger partial charge in [-0.15, -0.1) is 5.10 Å². The molecule has 48 heavy (non-hydrogen) atoms. The largest absolute Gasteiger partial charge is 0.491 e. The molecule has 0 saturated heterocycles. The first kappa shape index (κ1) is 29.6. The second-order valence-corrected chi connectivity index (χ2v) is 12.6. The summed E-state index contributed by atoms with van der Waals surface area (Å²) in [5, 5.41) is 26.3. The Balaban J connectivity index is 1.38. The third-order valence-electron chi connectivity index (χ3n) is 9.70. The number of amides is 1. The van der Waals surface area contributed by atoms with Crippen LogP contribution in [0.15, 0.2) is 127 Å². The number of ether oxygens (including phenoxy) is 1. The Morgan fingerprint density at radius 1 is 0.771 bits per heavy atom. The molecule has 0 bridgehead atoms. The van der Waals surface area contributed by atoms with Crippen LogP contribution in [0.5, 0.6) is 5.75 Å². The van der Waals surface area contributed by atoms with Gasteiger partial charge in [-0.1, -0.05) is 115 Å². The molecule has 0 radical (unpaired) electrons. The Hall–Kier alpha value is -5.76. The summed E-state index contributed by atoms with van der Waals surface area (Å²) in [5.74, 6) is 2.13. The van der Waals surface area contributed by atoms with Crippen molar-refractivity contribution in [1.82, 2.24) is 20.2 Å². The minimum atomic E-state index is -1.12. The van der Waals surface area contributed by atoms with Crippen LogP contribution in [-0.4, -0.2) is 38.0 Å². The van der Waals surface area contributed by atoms with Gasteiger partial charge in [0.2, 0.25) is 0 Å². The molecule has 2 N–H and O–H groups in total. The van der Waals surface area contributed by atoms with Gasteiger partial charge in [-0.05, 0) is 87.9 Å². The fourth-order valence-electron chi connectivity index (χ4n) is 7.49. The standard InChI is InChI=1S/C40H35N5O3/c46-39(47)41-36-26-28(25-35-32(27-22-23-27)21-12-24-48-37(35)36)33-19-10-11-20-34(33)38-42-43-44-45(38)40(29-13-4-1-5-14-29,30-15-6-2-7-16-30)31-17-8-3-9-18-31/h1-11,13-20,25-27,32,41H,12,21-24H2,(H,46,47). The molecule has 0 spiro atoms. The second kappa shape index (κ2) is 12.4. The topological polar surface area (TPSA) is 102 Å². The smallest absolute Gasteiger partial charge is 0.409 e. The SMILES string of the molecule is O=C(O)Nc1cc(-c2ccccc2-c2nnnn2C(c2ccccc2)(c2ccccc2)c2ccccc2)cc2c1OCCCC2C1CC1. The number of benzene rings is 5. The first-order chi connectivity index (χ1) is 23.6. The van der Waals surface area contributed by atoms with Crippen LogP contribution in [-0.2, 0) is 5.54 Å². The summed E-state index contributed by atoms with van der Waals surface area (Å²) in [5.41, 5.74) is 6.25. The molecule has 1 fully saturated rings. The van der Waals surface area contributed by atoms with E-state index in [0.717, 1.165) is 51.8 Å². The van der Waals surface area contributed by atoms with E-state index in [4.69, 9.17) is 15.0 Å². The summed E-state index contributed by atoms with van der Waals surface area (Å²) < 4.78 is 8.16. The number of hydrogen-bond donors (Lipinski definition) is 2. The summed E-state index contributed by atoms with van der Waals surface area (Å²) in [6.45, 7) is 0.565. The van der Waals surface area contributed by atoms with Crippen molar-refractivity contribution < 1.29 is 14.6 Å². The molecule has 238 valence electrons. The van der Waals surface area contributed by atoms with Crippen LogP contribution < -0.4 is 10.1 Å². The zero-order valence-electron chi connectivity index (χ0n) is 26.4. The number of nitrogens with one attached hydrogen (secondary N) is 1. The quantitative estimate of drug-likeness (QED) is 0.163. The maximum Gasteiger partial charge on any atom is 0.409 e. The van der Waals surface area contributed by atoms with Gasteiger partial charge in [-0.3, -0.25) is 5.32 Å². The van der Waals surface area contributed by atoms with Crippen molar-refractivity contribution in [3.63, 3.8) is 0 Å². The van der Waals surface area contributed by atoms with E-state index in [0.29, 0.717) is 35.7 Å². The number of tetrazole rings is 1. The van der Waals surface area contributed by atoms with Crippen molar-refractivity contribution in [3.05, 3.63) is 150 Å². The highest BCUT2D eigenvalue weighted by Crippen LogP contribution is 2.52. The predicted molar refractivity (Wildman–Crippen MR) is 185 cm³/mol. The van der Waals surface area contributed by atoms with E-state index in [-0.39, 0.29) is 0 Å². The van der Waals surface area contributed by atoms with Crippen LogP contribution in [0.4, 0.5) is 10.5 Å². The van der Waals surface area contributed by atoms with E-state index in [1.165, 1.54) is 12.8 Å². The Kier molecular flexibility index (Phi) is 7.68. The summed E-state index contributed by atoms with van der Waals surface area (Å²) >= 11 is 0. The van der Waals surface area contributed by atoms with E-state index < -0.39 is 11.6 Å². The maximum atomic E-state index is 12.0. The molecule has 8 nitrogen and oxygen atoms in total. The van der Waals surface area contributed by atoms with Gasteiger partial charge in [0.25, 0.3) is 0 Å². The molecule has 8 rings (SSSR count). The van der Waals surface area contributed by atoms with Crippen molar-refractivity contribution in [1.29, 1.82) is 0 Å². The number of aromatic nitrogens is 4. The fourth-order valence-corrected chi connectivity index (χ4v) is 7.49. The Morgan fingerprint density at radius 3 is 1.94 bits per heavy atom. The number of rotatable bonds is 8. The van der Waals surface area contributed by atoms with Crippen LogP contribution in [0.1, 0.15) is 53.9 Å². The first-order valence-electron chi connectivity index (χ1n) is 16.5. The molecule has 2 heterocycles. The number of carboxylic acid groups (broad SMARTS) is 1. The third-order valence-corrected chi connectivity index (χ3v) is 9.70. The molecular weight excluding hydrogens is 598 g/mol.